The van der Waals surface area contributed by atoms with Gasteiger partial charge in [0.2, 0.25) is 11.9 Å². The molecule has 1 fully saturated rings. The van der Waals surface area contributed by atoms with Gasteiger partial charge in [0.05, 0.1) is 6.61 Å². The van der Waals surface area contributed by atoms with E-state index in [4.69, 9.17) is 21.3 Å². The first-order valence-corrected chi connectivity index (χ1v) is 12.8. The molecule has 1 aliphatic carbocycles. The number of hydrogen-bond acceptors (Lipinski definition) is 9. The number of carbonyl (C=O) groups excluding carboxylic acids is 1. The number of anilines is 1. The second kappa shape index (κ2) is 14.1. The van der Waals surface area contributed by atoms with E-state index in [-0.39, 0.29) is 11.4 Å². The first kappa shape index (κ1) is 31.8. The van der Waals surface area contributed by atoms with E-state index in [0.717, 1.165) is 16.5 Å². The summed E-state index contributed by atoms with van der Waals surface area (Å²) in [6.07, 6.45) is 11.8. The third-order valence-corrected chi connectivity index (χ3v) is 6.68. The molecule has 11 nitrogen and oxygen atoms in total. The SMILES string of the molecule is CC1=C(/C=C/C(C)=C/C=C/C(C)=C/C(N)=O)C(C)(C)CCC1.Nc1ncn([C@@H]2O[C@H](CO)[C@@H](O)[C@@H]2O)c(=O)n1. The molecule has 1 amide bonds. The predicted octanol–water partition coefficient (Wildman–Crippen LogP) is 1.84. The summed E-state index contributed by atoms with van der Waals surface area (Å²) >= 11 is 0. The highest BCUT2D eigenvalue weighted by molar-refractivity contribution is 5.86. The minimum atomic E-state index is -1.35. The maximum absolute atomic E-state index is 11.5. The third kappa shape index (κ3) is 9.10. The van der Waals surface area contributed by atoms with Crippen molar-refractivity contribution in [3.8, 4) is 0 Å². The Morgan fingerprint density at radius 1 is 1.23 bits per heavy atom. The van der Waals surface area contributed by atoms with Crippen molar-refractivity contribution in [2.75, 3.05) is 12.3 Å². The van der Waals surface area contributed by atoms with Gasteiger partial charge in [0.15, 0.2) is 6.23 Å². The van der Waals surface area contributed by atoms with Crippen molar-refractivity contribution in [3.05, 3.63) is 75.6 Å². The molecule has 2 heterocycles. The van der Waals surface area contributed by atoms with E-state index >= 15 is 0 Å². The van der Waals surface area contributed by atoms with Crippen LogP contribution in [0, 0.1) is 5.41 Å². The van der Waals surface area contributed by atoms with Crippen LogP contribution in [0.15, 0.2) is 69.9 Å². The largest absolute Gasteiger partial charge is 0.394 e. The molecule has 0 saturated carbocycles. The lowest BCUT2D eigenvalue weighted by Gasteiger charge is -2.32. The van der Waals surface area contributed by atoms with Gasteiger partial charge in [-0.3, -0.25) is 9.36 Å². The van der Waals surface area contributed by atoms with Crippen LogP contribution in [0.4, 0.5) is 5.95 Å². The Balaban J connectivity index is 0.000000282. The molecule has 1 saturated heterocycles. The average molecular weight is 544 g/mol. The van der Waals surface area contributed by atoms with Crippen LogP contribution in [0.3, 0.4) is 0 Å². The number of allylic oxidation sites excluding steroid dienone is 9. The highest BCUT2D eigenvalue weighted by Crippen LogP contribution is 2.40. The Hall–Kier alpha value is -3.38. The molecule has 214 valence electrons. The molecule has 4 atom stereocenters. The van der Waals surface area contributed by atoms with Crippen LogP contribution in [0.1, 0.15) is 60.1 Å². The molecule has 0 spiro atoms. The number of ether oxygens (including phenoxy) is 1. The molecule has 0 radical (unpaired) electrons. The van der Waals surface area contributed by atoms with Gasteiger partial charge in [-0.1, -0.05) is 55.4 Å². The highest BCUT2D eigenvalue weighted by Gasteiger charge is 2.43. The standard InChI is InChI=1S/C20H29NO.C8H12N4O5/c1-15(8-6-9-16(2)14-19(21)22)11-12-18-17(3)10-7-13-20(18,4)5;9-7-10-2-12(8(16)11-7)6-5(15)4(14)3(1-13)17-6/h6,8-9,11-12,14H,7,10,13H2,1-5H3,(H2,21,22);2-6,13-15H,1H2,(H2,9,11,16)/b9-6+,12-11+,15-8+,16-14+;/t;3-,4-,5+,6-/m.1/s1. The van der Waals surface area contributed by atoms with Crippen molar-refractivity contribution in [3.63, 3.8) is 0 Å². The monoisotopic (exact) mass is 543 g/mol. The van der Waals surface area contributed by atoms with Crippen molar-refractivity contribution in [1.82, 2.24) is 14.5 Å². The summed E-state index contributed by atoms with van der Waals surface area (Å²) in [5.41, 5.74) is 14.9. The van der Waals surface area contributed by atoms with E-state index in [9.17, 15) is 19.8 Å². The zero-order chi connectivity index (χ0) is 29.3. The Kier molecular flexibility index (Phi) is 11.5. The number of carbonyl (C=O) groups is 1. The summed E-state index contributed by atoms with van der Waals surface area (Å²) in [6.45, 7) is 10.4. The first-order chi connectivity index (χ1) is 18.3. The number of nitrogens with zero attached hydrogens (tertiary/aromatic N) is 3. The minimum absolute atomic E-state index is 0.196. The van der Waals surface area contributed by atoms with Crippen molar-refractivity contribution in [1.29, 1.82) is 0 Å². The number of aliphatic hydroxyl groups is 3. The molecule has 7 N–H and O–H groups in total. The van der Waals surface area contributed by atoms with E-state index in [2.05, 4.69) is 49.8 Å². The minimum Gasteiger partial charge on any atom is -0.394 e. The molecule has 1 aliphatic heterocycles. The summed E-state index contributed by atoms with van der Waals surface area (Å²) in [7, 11) is 0. The van der Waals surface area contributed by atoms with E-state index in [0.29, 0.717) is 0 Å². The summed E-state index contributed by atoms with van der Waals surface area (Å²) in [4.78, 5) is 29.2. The fourth-order valence-electron chi connectivity index (χ4n) is 4.54. The number of nitrogens with two attached hydrogens (primary N) is 2. The quantitative estimate of drug-likeness (QED) is 0.252. The molecule has 39 heavy (non-hydrogen) atoms. The van der Waals surface area contributed by atoms with Gasteiger partial charge in [-0.05, 0) is 56.6 Å². The summed E-state index contributed by atoms with van der Waals surface area (Å²) in [5.74, 6) is -0.609. The Morgan fingerprint density at radius 3 is 2.49 bits per heavy atom. The number of hydrogen-bond donors (Lipinski definition) is 5. The van der Waals surface area contributed by atoms with Crippen molar-refractivity contribution >= 4 is 11.9 Å². The van der Waals surface area contributed by atoms with Gasteiger partial charge < -0.3 is 31.5 Å². The van der Waals surface area contributed by atoms with Gasteiger partial charge in [-0.15, -0.1) is 0 Å². The predicted molar refractivity (Wildman–Crippen MR) is 149 cm³/mol. The topological polar surface area (TPSA) is 187 Å². The van der Waals surface area contributed by atoms with E-state index < -0.39 is 42.7 Å². The lowest BCUT2D eigenvalue weighted by molar-refractivity contribution is -0.113. The molecular formula is C28H41N5O6. The van der Waals surface area contributed by atoms with Gasteiger partial charge in [0, 0.05) is 6.08 Å². The van der Waals surface area contributed by atoms with Crippen LogP contribution in [-0.2, 0) is 9.53 Å². The number of aliphatic hydroxyl groups excluding tert-OH is 3. The fourth-order valence-corrected chi connectivity index (χ4v) is 4.54. The molecule has 3 rings (SSSR count). The van der Waals surface area contributed by atoms with Crippen LogP contribution in [0.5, 0.6) is 0 Å². The van der Waals surface area contributed by atoms with Crippen LogP contribution in [0.2, 0.25) is 0 Å². The Bertz CT molecular complexity index is 1230. The van der Waals surface area contributed by atoms with E-state index in [1.54, 1.807) is 0 Å². The maximum Gasteiger partial charge on any atom is 0.354 e. The normalized spacial score (nSPS) is 25.7. The summed E-state index contributed by atoms with van der Waals surface area (Å²) < 4.78 is 6.04. The third-order valence-electron chi connectivity index (χ3n) is 6.68. The summed E-state index contributed by atoms with van der Waals surface area (Å²) in [5, 5.41) is 28.1. The van der Waals surface area contributed by atoms with E-state index in [1.807, 2.05) is 25.2 Å². The van der Waals surface area contributed by atoms with Gasteiger partial charge in [0.1, 0.15) is 24.6 Å². The molecule has 1 aromatic heterocycles. The van der Waals surface area contributed by atoms with Crippen LogP contribution in [-0.4, -0.2) is 60.7 Å². The van der Waals surface area contributed by atoms with Gasteiger partial charge in [0.25, 0.3) is 0 Å². The first-order valence-electron chi connectivity index (χ1n) is 12.8. The van der Waals surface area contributed by atoms with Crippen molar-refractivity contribution in [2.24, 2.45) is 11.1 Å². The molecule has 0 bridgehead atoms. The highest BCUT2D eigenvalue weighted by atomic mass is 16.6. The lowest BCUT2D eigenvalue weighted by atomic mass is 9.72. The number of rotatable bonds is 7. The summed E-state index contributed by atoms with van der Waals surface area (Å²) in [6, 6.07) is 0. The molecule has 2 aliphatic rings. The Labute approximate surface area is 228 Å². The van der Waals surface area contributed by atoms with Crippen LogP contribution < -0.4 is 17.2 Å². The molecule has 0 aromatic carbocycles. The number of primary amides is 1. The van der Waals surface area contributed by atoms with Gasteiger partial charge in [-0.2, -0.15) is 4.98 Å². The average Bonchev–Trinajstić information content (AvgIpc) is 3.12. The molecule has 1 aromatic rings. The van der Waals surface area contributed by atoms with Crippen molar-refractivity contribution in [2.45, 2.75) is 78.4 Å². The Morgan fingerprint density at radius 2 is 1.92 bits per heavy atom. The zero-order valence-corrected chi connectivity index (χ0v) is 23.2. The number of aromatic nitrogens is 3. The molecule has 11 heteroatoms. The van der Waals surface area contributed by atoms with Crippen LogP contribution in [0.25, 0.3) is 0 Å². The molecular weight excluding hydrogens is 502 g/mol. The van der Waals surface area contributed by atoms with Crippen LogP contribution >= 0.6 is 0 Å². The van der Waals surface area contributed by atoms with Gasteiger partial charge >= 0.3 is 5.69 Å². The number of nitrogen functional groups attached to an aromatic ring is 1. The maximum atomic E-state index is 11.5. The smallest absolute Gasteiger partial charge is 0.354 e. The van der Waals surface area contributed by atoms with Crippen molar-refractivity contribution < 1.29 is 24.9 Å². The molecule has 0 unspecified atom stereocenters. The zero-order valence-electron chi connectivity index (χ0n) is 23.2. The fraction of sp³-hybridized carbons (Fsp3) is 0.500. The second-order valence-electron chi connectivity index (χ2n) is 10.5. The second-order valence-corrected chi connectivity index (χ2v) is 10.5. The lowest BCUT2D eigenvalue weighted by Crippen LogP contribution is -2.36. The number of amides is 1. The van der Waals surface area contributed by atoms with E-state index in [1.165, 1.54) is 42.1 Å². The van der Waals surface area contributed by atoms with Gasteiger partial charge in [-0.25, -0.2) is 9.78 Å².